The van der Waals surface area contributed by atoms with Crippen molar-refractivity contribution < 1.29 is 27.4 Å². The number of carbonyl (C=O) groups excluding carboxylic acids is 1. The normalized spacial score (nSPS) is 16.9. The van der Waals surface area contributed by atoms with Crippen LogP contribution in [0.15, 0.2) is 30.5 Å². The van der Waals surface area contributed by atoms with Crippen LogP contribution in [0.3, 0.4) is 0 Å². The zero-order valence-corrected chi connectivity index (χ0v) is 11.7. The average Bonchev–Trinajstić information content (AvgIpc) is 3.02. The van der Waals surface area contributed by atoms with Crippen molar-refractivity contribution in [3.63, 3.8) is 0 Å². The highest BCUT2D eigenvalue weighted by atomic mass is 19.4. The molecule has 0 fully saturated rings. The van der Waals surface area contributed by atoms with Gasteiger partial charge in [-0.15, -0.1) is 0 Å². The first-order valence-electron chi connectivity index (χ1n) is 6.72. The fourth-order valence-electron chi connectivity index (χ4n) is 2.14. The number of aromatic nitrogens is 2. The minimum atomic E-state index is -4.67. The fourth-order valence-corrected chi connectivity index (χ4v) is 2.14. The molecular formula is C14H12F3N3O3. The van der Waals surface area contributed by atoms with E-state index >= 15 is 0 Å². The number of aromatic amines is 1. The second-order valence-electron chi connectivity index (χ2n) is 4.86. The number of benzene rings is 1. The molecule has 122 valence electrons. The van der Waals surface area contributed by atoms with Gasteiger partial charge in [-0.3, -0.25) is 9.89 Å². The van der Waals surface area contributed by atoms with E-state index in [0.29, 0.717) is 11.5 Å². The van der Waals surface area contributed by atoms with Crippen LogP contribution >= 0.6 is 0 Å². The molecule has 1 aliphatic heterocycles. The van der Waals surface area contributed by atoms with Crippen molar-refractivity contribution in [3.8, 4) is 11.5 Å². The van der Waals surface area contributed by atoms with Gasteiger partial charge < -0.3 is 14.8 Å². The molecular weight excluding hydrogens is 315 g/mol. The number of fused-ring (bicyclic) bond motifs is 1. The Balaban J connectivity index is 1.62. The third-order valence-corrected chi connectivity index (χ3v) is 3.23. The number of rotatable bonds is 3. The minimum Gasteiger partial charge on any atom is -0.486 e. The third kappa shape index (κ3) is 3.22. The first kappa shape index (κ1) is 15.2. The third-order valence-electron chi connectivity index (χ3n) is 3.23. The summed E-state index contributed by atoms with van der Waals surface area (Å²) in [4.78, 5) is 11.9. The highest BCUT2D eigenvalue weighted by molar-refractivity contribution is 5.95. The smallest absolute Gasteiger partial charge is 0.433 e. The van der Waals surface area contributed by atoms with Gasteiger partial charge in [0, 0.05) is 0 Å². The Morgan fingerprint density at radius 1 is 1.35 bits per heavy atom. The van der Waals surface area contributed by atoms with Crippen molar-refractivity contribution in [1.29, 1.82) is 0 Å². The van der Waals surface area contributed by atoms with E-state index in [9.17, 15) is 18.0 Å². The molecule has 1 aromatic carbocycles. The van der Waals surface area contributed by atoms with Crippen LogP contribution in [0, 0.1) is 0 Å². The van der Waals surface area contributed by atoms with Gasteiger partial charge in [0.05, 0.1) is 18.3 Å². The number of carbonyl (C=O) groups is 1. The zero-order valence-electron chi connectivity index (χ0n) is 11.7. The molecule has 2 heterocycles. The molecule has 0 spiro atoms. The molecule has 0 saturated carbocycles. The molecule has 9 heteroatoms. The van der Waals surface area contributed by atoms with Crippen molar-refractivity contribution in [3.05, 3.63) is 41.7 Å². The molecule has 23 heavy (non-hydrogen) atoms. The average molecular weight is 327 g/mol. The van der Waals surface area contributed by atoms with E-state index in [-0.39, 0.29) is 13.2 Å². The zero-order chi connectivity index (χ0) is 16.4. The maximum atomic E-state index is 12.7. The molecule has 0 aliphatic carbocycles. The Morgan fingerprint density at radius 3 is 2.83 bits per heavy atom. The van der Waals surface area contributed by atoms with Crippen LogP contribution in [0.25, 0.3) is 0 Å². The lowest BCUT2D eigenvalue weighted by Crippen LogP contribution is -2.41. The van der Waals surface area contributed by atoms with Crippen LogP contribution in [0.4, 0.5) is 13.2 Å². The van der Waals surface area contributed by atoms with E-state index in [1.165, 1.54) is 0 Å². The predicted molar refractivity (Wildman–Crippen MR) is 72.3 cm³/mol. The monoisotopic (exact) mass is 327 g/mol. The summed E-state index contributed by atoms with van der Waals surface area (Å²) < 4.78 is 49.2. The maximum Gasteiger partial charge on any atom is 0.433 e. The van der Waals surface area contributed by atoms with Gasteiger partial charge in [0.1, 0.15) is 12.7 Å². The molecule has 1 atom stereocenters. The van der Waals surface area contributed by atoms with Crippen LogP contribution < -0.4 is 14.8 Å². The Kier molecular flexibility index (Phi) is 3.85. The van der Waals surface area contributed by atoms with E-state index in [4.69, 9.17) is 9.47 Å². The van der Waals surface area contributed by atoms with E-state index in [0.717, 1.165) is 6.20 Å². The number of nitrogens with one attached hydrogen (secondary N) is 2. The lowest BCUT2D eigenvalue weighted by Gasteiger charge is -2.26. The largest absolute Gasteiger partial charge is 0.486 e. The number of H-pyrrole nitrogens is 1. The molecule has 2 N–H and O–H groups in total. The van der Waals surface area contributed by atoms with Gasteiger partial charge in [0.25, 0.3) is 5.91 Å². The van der Waals surface area contributed by atoms with Gasteiger partial charge in [0.2, 0.25) is 0 Å². The molecule has 1 aromatic heterocycles. The van der Waals surface area contributed by atoms with Gasteiger partial charge in [-0.25, -0.2) is 0 Å². The molecule has 0 bridgehead atoms. The fraction of sp³-hybridized carbons (Fsp3) is 0.286. The lowest BCUT2D eigenvalue weighted by atomic mass is 10.2. The van der Waals surface area contributed by atoms with Gasteiger partial charge >= 0.3 is 6.18 Å². The molecule has 2 aromatic rings. The van der Waals surface area contributed by atoms with E-state index in [1.807, 2.05) is 0 Å². The van der Waals surface area contributed by atoms with Gasteiger partial charge in [-0.05, 0) is 12.1 Å². The van der Waals surface area contributed by atoms with Gasteiger partial charge in [-0.2, -0.15) is 18.3 Å². The van der Waals surface area contributed by atoms with E-state index < -0.39 is 29.4 Å². The quantitative estimate of drug-likeness (QED) is 0.904. The minimum absolute atomic E-state index is 0.00957. The van der Waals surface area contributed by atoms with Gasteiger partial charge in [-0.1, -0.05) is 12.1 Å². The summed E-state index contributed by atoms with van der Waals surface area (Å²) in [6.45, 7) is 0.199. The van der Waals surface area contributed by atoms with Crippen molar-refractivity contribution in [2.45, 2.75) is 12.3 Å². The summed E-state index contributed by atoms with van der Waals surface area (Å²) in [6, 6.07) is 7.01. The summed E-state index contributed by atoms with van der Waals surface area (Å²) in [7, 11) is 0. The van der Waals surface area contributed by atoms with Crippen LogP contribution in [0.5, 0.6) is 11.5 Å². The van der Waals surface area contributed by atoms with Crippen LogP contribution in [-0.4, -0.2) is 35.4 Å². The summed E-state index contributed by atoms with van der Waals surface area (Å²) >= 11 is 0. The van der Waals surface area contributed by atoms with Crippen LogP contribution in [0.1, 0.15) is 16.1 Å². The molecule has 0 unspecified atom stereocenters. The van der Waals surface area contributed by atoms with Crippen LogP contribution in [0.2, 0.25) is 0 Å². The standard InChI is InChI=1S/C14H12F3N3O3/c15-14(16,17)12-9(6-19-20-12)13(21)18-5-8-7-22-10-3-1-2-4-11(10)23-8/h1-4,6,8H,5,7H2,(H,18,21)(H,19,20)/t8-/m1/s1. The number of alkyl halides is 3. The summed E-state index contributed by atoms with van der Waals surface area (Å²) in [5, 5.41) is 7.45. The van der Waals surface area contributed by atoms with Crippen molar-refractivity contribution in [2.75, 3.05) is 13.2 Å². The summed E-state index contributed by atoms with van der Waals surface area (Å²) in [6.07, 6.45) is -4.33. The van der Waals surface area contributed by atoms with E-state index in [2.05, 4.69) is 10.4 Å². The SMILES string of the molecule is O=C(NC[C@@H]1COc2ccccc2O1)c1cn[nH]c1C(F)(F)F. The van der Waals surface area contributed by atoms with Crippen molar-refractivity contribution >= 4 is 5.91 Å². The maximum absolute atomic E-state index is 12.7. The molecule has 0 saturated heterocycles. The van der Waals surface area contributed by atoms with Crippen molar-refractivity contribution in [1.82, 2.24) is 15.5 Å². The summed E-state index contributed by atoms with van der Waals surface area (Å²) in [5.74, 6) is 0.232. The number of para-hydroxylation sites is 2. The Hall–Kier alpha value is -2.71. The lowest BCUT2D eigenvalue weighted by molar-refractivity contribution is -0.141. The Labute approximate surface area is 128 Å². The molecule has 6 nitrogen and oxygen atoms in total. The van der Waals surface area contributed by atoms with E-state index in [1.54, 1.807) is 29.4 Å². The van der Waals surface area contributed by atoms with Crippen molar-refractivity contribution in [2.24, 2.45) is 0 Å². The second-order valence-corrected chi connectivity index (χ2v) is 4.86. The first-order chi connectivity index (χ1) is 10.9. The molecule has 1 amide bonds. The number of amides is 1. The molecule has 1 aliphatic rings. The topological polar surface area (TPSA) is 76.2 Å². The van der Waals surface area contributed by atoms with Gasteiger partial charge in [0.15, 0.2) is 17.2 Å². The summed E-state index contributed by atoms with van der Waals surface area (Å²) in [5.41, 5.74) is -1.74. The Morgan fingerprint density at radius 2 is 2.09 bits per heavy atom. The number of nitrogens with zero attached hydrogens (tertiary/aromatic N) is 1. The first-order valence-corrected chi connectivity index (χ1v) is 6.72. The molecule has 3 rings (SSSR count). The number of hydrogen-bond donors (Lipinski definition) is 2. The predicted octanol–water partition coefficient (Wildman–Crippen LogP) is 2.00. The molecule has 0 radical (unpaired) electrons. The number of hydrogen-bond acceptors (Lipinski definition) is 4. The highest BCUT2D eigenvalue weighted by Crippen LogP contribution is 2.31. The number of halogens is 3. The van der Waals surface area contributed by atoms with Crippen LogP contribution in [-0.2, 0) is 6.18 Å². The Bertz CT molecular complexity index is 715. The highest BCUT2D eigenvalue weighted by Gasteiger charge is 2.37. The second kappa shape index (κ2) is 5.82. The number of ether oxygens (including phenoxy) is 2.